The molecule has 0 aromatic heterocycles. The standard InChI is InChI=1S/C102H180S6/c1-7-13-19-25-31-37-43-49-55-61-67-73-79-103-97-85-91-92(86-98(97)104-80-74-68-62-56-50-44-38-32-26-20-14-8-2)94-88-100(106-82-76-70-64-58-52-46-40-34-28-22-16-10-4)102(108-84-78-72-66-60-54-48-42-36-30-24-18-12-6)90-96(94)95-89-101(107-83-77-71-65-59-53-47-41-35-29-23-17-11-5)99(87-93(91)95)105-81-75-69-63-57-51-45-39-33-27-21-15-9-3/h85-90H,7-84H2,1-6H3. The maximum absolute atomic E-state index is 2.78. The van der Waals surface area contributed by atoms with E-state index in [1.54, 1.807) is 29.4 Å². The van der Waals surface area contributed by atoms with Gasteiger partial charge in [0.1, 0.15) is 0 Å². The Morgan fingerprint density at radius 1 is 0.120 bits per heavy atom. The number of rotatable bonds is 84. The van der Waals surface area contributed by atoms with E-state index < -0.39 is 0 Å². The molecule has 0 atom stereocenters. The second kappa shape index (κ2) is 75.5. The van der Waals surface area contributed by atoms with Gasteiger partial charge in [-0.3, -0.25) is 0 Å². The highest BCUT2D eigenvalue weighted by Crippen LogP contribution is 2.48. The molecule has 0 nitrogen and oxygen atoms in total. The molecule has 0 radical (unpaired) electrons. The molecule has 0 spiro atoms. The predicted molar refractivity (Wildman–Crippen MR) is 510 cm³/mol. The van der Waals surface area contributed by atoms with Gasteiger partial charge in [-0.1, -0.05) is 465 Å². The quantitative estimate of drug-likeness (QED) is 0.0244. The molecule has 0 saturated heterocycles. The van der Waals surface area contributed by atoms with E-state index in [1.165, 1.54) is 529 Å². The molecule has 6 heteroatoms. The van der Waals surface area contributed by atoms with Crippen molar-refractivity contribution in [1.82, 2.24) is 0 Å². The summed E-state index contributed by atoms with van der Waals surface area (Å²) >= 11 is 13.3. The molecule has 0 aliphatic carbocycles. The summed E-state index contributed by atoms with van der Waals surface area (Å²) in [6.45, 7) is 14.1. The molecule has 0 unspecified atom stereocenters. The molecular formula is C102H180S6. The van der Waals surface area contributed by atoms with E-state index in [0.29, 0.717) is 0 Å². The van der Waals surface area contributed by atoms with Crippen LogP contribution in [0.15, 0.2) is 65.8 Å². The van der Waals surface area contributed by atoms with Crippen LogP contribution in [0.3, 0.4) is 0 Å². The fraction of sp³-hybridized carbons (Fsp3) is 0.824. The molecule has 0 heterocycles. The van der Waals surface area contributed by atoms with E-state index in [-0.39, 0.29) is 0 Å². The van der Waals surface area contributed by atoms with Crippen molar-refractivity contribution >= 4 is 103 Å². The van der Waals surface area contributed by atoms with E-state index >= 15 is 0 Å². The smallest absolute Gasteiger partial charge is 0.0215 e. The first-order valence-electron chi connectivity index (χ1n) is 48.9. The minimum absolute atomic E-state index is 1.24. The van der Waals surface area contributed by atoms with Gasteiger partial charge in [0.15, 0.2) is 0 Å². The summed E-state index contributed by atoms with van der Waals surface area (Å²) in [5.74, 6) is 7.42. The molecule has 624 valence electrons. The summed E-state index contributed by atoms with van der Waals surface area (Å²) < 4.78 is 0. The number of hydrogen-bond donors (Lipinski definition) is 0. The zero-order valence-electron chi connectivity index (χ0n) is 73.1. The summed E-state index contributed by atoms with van der Waals surface area (Å²) in [6.07, 6.45) is 102. The minimum Gasteiger partial charge on any atom is -0.125 e. The Morgan fingerprint density at radius 2 is 0.204 bits per heavy atom. The van der Waals surface area contributed by atoms with Crippen molar-refractivity contribution < 1.29 is 0 Å². The first-order chi connectivity index (χ1) is 53.6. The lowest BCUT2D eigenvalue weighted by molar-refractivity contribution is 0.548. The van der Waals surface area contributed by atoms with Crippen LogP contribution in [0.2, 0.25) is 0 Å². The van der Waals surface area contributed by atoms with Gasteiger partial charge >= 0.3 is 0 Å². The fourth-order valence-electron chi connectivity index (χ4n) is 16.4. The molecule has 4 aromatic carbocycles. The van der Waals surface area contributed by atoms with Crippen LogP contribution < -0.4 is 0 Å². The molecule has 0 bridgehead atoms. The van der Waals surface area contributed by atoms with Crippen LogP contribution >= 0.6 is 70.6 Å². The number of fused-ring (bicyclic) bond motifs is 6. The molecule has 0 fully saturated rings. The zero-order valence-corrected chi connectivity index (χ0v) is 78.0. The van der Waals surface area contributed by atoms with E-state index in [4.69, 9.17) is 0 Å². The average molecular weight is 1600 g/mol. The van der Waals surface area contributed by atoms with Gasteiger partial charge in [0.2, 0.25) is 0 Å². The second-order valence-corrected chi connectivity index (χ2v) is 40.8. The molecule has 108 heavy (non-hydrogen) atoms. The van der Waals surface area contributed by atoms with Crippen LogP contribution in [-0.4, -0.2) is 34.5 Å². The highest BCUT2D eigenvalue weighted by molar-refractivity contribution is 8.03. The Morgan fingerprint density at radius 3 is 0.296 bits per heavy atom. The van der Waals surface area contributed by atoms with Crippen molar-refractivity contribution in [1.29, 1.82) is 0 Å². The van der Waals surface area contributed by atoms with Gasteiger partial charge in [0, 0.05) is 29.4 Å². The minimum atomic E-state index is 1.24. The van der Waals surface area contributed by atoms with E-state index in [9.17, 15) is 0 Å². The molecule has 4 rings (SSSR count). The Kier molecular flexibility index (Phi) is 70.0. The molecule has 0 aliphatic heterocycles. The lowest BCUT2D eigenvalue weighted by atomic mass is 9.94. The molecule has 4 aromatic rings. The Balaban J connectivity index is 1.75. The maximum Gasteiger partial charge on any atom is 0.0215 e. The van der Waals surface area contributed by atoms with Crippen LogP contribution in [0.25, 0.3) is 32.3 Å². The predicted octanol–water partition coefficient (Wildman–Crippen LogP) is 39.9. The topological polar surface area (TPSA) is 0 Å². The Hall–Kier alpha value is -0.240. The van der Waals surface area contributed by atoms with Crippen molar-refractivity contribution in [3.05, 3.63) is 36.4 Å². The van der Waals surface area contributed by atoms with Crippen molar-refractivity contribution in [3.63, 3.8) is 0 Å². The van der Waals surface area contributed by atoms with Crippen LogP contribution in [0, 0.1) is 0 Å². The van der Waals surface area contributed by atoms with Crippen molar-refractivity contribution in [3.8, 4) is 0 Å². The Labute approximate surface area is 701 Å². The van der Waals surface area contributed by atoms with Gasteiger partial charge in [0.05, 0.1) is 0 Å². The van der Waals surface area contributed by atoms with Crippen LogP contribution in [0.4, 0.5) is 0 Å². The number of thioether (sulfide) groups is 6. The molecule has 0 amide bonds. The van der Waals surface area contributed by atoms with Crippen LogP contribution in [0.5, 0.6) is 0 Å². The summed E-state index contributed by atoms with van der Waals surface area (Å²) in [6, 6.07) is 16.7. The maximum atomic E-state index is 2.78. The van der Waals surface area contributed by atoms with Gasteiger partial charge in [-0.25, -0.2) is 0 Å². The zero-order chi connectivity index (χ0) is 76.6. The first-order valence-corrected chi connectivity index (χ1v) is 54.8. The van der Waals surface area contributed by atoms with Crippen molar-refractivity contribution in [2.75, 3.05) is 34.5 Å². The van der Waals surface area contributed by atoms with Crippen molar-refractivity contribution in [2.45, 2.75) is 533 Å². The lowest BCUT2D eigenvalue weighted by Crippen LogP contribution is -1.94. The Bertz CT molecular complexity index is 2120. The van der Waals surface area contributed by atoms with E-state index in [1.807, 2.05) is 0 Å². The molecule has 0 saturated carbocycles. The molecular weight excluding hydrogens is 1420 g/mol. The largest absolute Gasteiger partial charge is 0.125 e. The monoisotopic (exact) mass is 1600 g/mol. The third-order valence-corrected chi connectivity index (χ3v) is 30.9. The third kappa shape index (κ3) is 51.8. The number of unbranched alkanes of at least 4 members (excludes halogenated alkanes) is 66. The summed E-state index contributed by atoms with van der Waals surface area (Å²) in [7, 11) is 0. The summed E-state index contributed by atoms with van der Waals surface area (Å²) in [5.41, 5.74) is 0. The highest BCUT2D eigenvalue weighted by Gasteiger charge is 2.20. The van der Waals surface area contributed by atoms with Crippen LogP contribution in [0.1, 0.15) is 504 Å². The normalized spacial score (nSPS) is 11.9. The SMILES string of the molecule is CCCCCCCCCCCCCCSc1cc2c3cc(SCCCCCCCCCCCCCC)c(SCCCCCCCCCCCCCC)cc3c3cc(SCCCCCCCCCCCCCC)c(SCCCCCCCCCCCCCC)cc3c2cc1SCCCCCCCCCCCCCC. The lowest BCUT2D eigenvalue weighted by Gasteiger charge is -2.20. The van der Waals surface area contributed by atoms with Gasteiger partial charge < -0.3 is 0 Å². The van der Waals surface area contributed by atoms with Gasteiger partial charge in [-0.15, -0.1) is 70.6 Å². The van der Waals surface area contributed by atoms with Gasteiger partial charge in [-0.05, 0) is 142 Å². The van der Waals surface area contributed by atoms with E-state index in [2.05, 4.69) is 149 Å². The fourth-order valence-corrected chi connectivity index (χ4v) is 23.3. The van der Waals surface area contributed by atoms with E-state index in [0.717, 1.165) is 0 Å². The van der Waals surface area contributed by atoms with Gasteiger partial charge in [-0.2, -0.15) is 0 Å². The number of benzene rings is 4. The number of hydrogen-bond acceptors (Lipinski definition) is 6. The van der Waals surface area contributed by atoms with Crippen molar-refractivity contribution in [2.24, 2.45) is 0 Å². The highest BCUT2D eigenvalue weighted by atomic mass is 32.2. The molecule has 0 aliphatic rings. The molecule has 0 N–H and O–H groups in total. The second-order valence-electron chi connectivity index (χ2n) is 34.0. The third-order valence-electron chi connectivity index (χ3n) is 23.7. The first kappa shape index (κ1) is 100. The summed E-state index contributed by atoms with van der Waals surface area (Å²) in [4.78, 5) is 9.43. The summed E-state index contributed by atoms with van der Waals surface area (Å²) in [5, 5.41) is 9.18. The average Bonchev–Trinajstić information content (AvgIpc) is 0.727. The van der Waals surface area contributed by atoms with Gasteiger partial charge in [0.25, 0.3) is 0 Å². The van der Waals surface area contributed by atoms with Crippen LogP contribution in [-0.2, 0) is 0 Å².